The molecule has 0 aliphatic carbocycles. The van der Waals surface area contributed by atoms with Gasteiger partial charge in [-0.2, -0.15) is 0 Å². The van der Waals surface area contributed by atoms with Gasteiger partial charge in [0.15, 0.2) is 0 Å². The van der Waals surface area contributed by atoms with Crippen molar-refractivity contribution in [1.82, 2.24) is 14.8 Å². The average Bonchev–Trinajstić information content (AvgIpc) is 3.31. The lowest BCUT2D eigenvalue weighted by atomic mass is 10.1. The SMILES string of the molecule is Cc1cc(/C=C2\C(=O)NC(=O)N(Cc3ccco3)C2=O)c(C)n1-c1ccccc1Br. The van der Waals surface area contributed by atoms with E-state index in [9.17, 15) is 14.4 Å². The van der Waals surface area contributed by atoms with Gasteiger partial charge in [0.1, 0.15) is 11.3 Å². The number of hydrogen-bond donors (Lipinski definition) is 1. The van der Waals surface area contributed by atoms with Gasteiger partial charge in [0.2, 0.25) is 0 Å². The molecule has 8 heteroatoms. The second kappa shape index (κ2) is 7.79. The molecule has 152 valence electrons. The van der Waals surface area contributed by atoms with Gasteiger partial charge in [-0.25, -0.2) is 4.79 Å². The first-order chi connectivity index (χ1) is 14.4. The van der Waals surface area contributed by atoms with Gasteiger partial charge in [0.25, 0.3) is 11.8 Å². The Labute approximate surface area is 181 Å². The quantitative estimate of drug-likeness (QED) is 0.462. The molecule has 4 amide bonds. The Morgan fingerprint density at radius 2 is 1.87 bits per heavy atom. The normalized spacial score (nSPS) is 15.8. The number of benzene rings is 1. The number of amides is 4. The van der Waals surface area contributed by atoms with Gasteiger partial charge in [-0.15, -0.1) is 0 Å². The molecule has 7 nitrogen and oxygen atoms in total. The first kappa shape index (κ1) is 19.9. The molecule has 1 aliphatic rings. The summed E-state index contributed by atoms with van der Waals surface area (Å²) in [5.41, 5.74) is 3.37. The van der Waals surface area contributed by atoms with Crippen molar-refractivity contribution in [2.45, 2.75) is 20.4 Å². The fourth-order valence-corrected chi connectivity index (χ4v) is 3.95. The molecule has 2 aromatic heterocycles. The number of carbonyl (C=O) groups excluding carboxylic acids is 3. The van der Waals surface area contributed by atoms with Crippen molar-refractivity contribution in [1.29, 1.82) is 0 Å². The molecule has 1 fully saturated rings. The third-order valence-corrected chi connectivity index (χ3v) is 5.61. The van der Waals surface area contributed by atoms with Crippen LogP contribution in [0.5, 0.6) is 0 Å². The summed E-state index contributed by atoms with van der Waals surface area (Å²) in [5, 5.41) is 2.23. The molecule has 1 aliphatic heterocycles. The molecule has 0 spiro atoms. The highest BCUT2D eigenvalue weighted by atomic mass is 79.9. The first-order valence-electron chi connectivity index (χ1n) is 9.22. The van der Waals surface area contributed by atoms with E-state index >= 15 is 0 Å². The minimum absolute atomic E-state index is 0.0573. The lowest BCUT2D eigenvalue weighted by molar-refractivity contribution is -0.130. The number of halogens is 1. The predicted molar refractivity (Wildman–Crippen MR) is 114 cm³/mol. The highest BCUT2D eigenvalue weighted by molar-refractivity contribution is 9.10. The molecule has 0 saturated carbocycles. The lowest BCUT2D eigenvalue weighted by Crippen LogP contribution is -2.53. The summed E-state index contributed by atoms with van der Waals surface area (Å²) < 4.78 is 8.18. The minimum Gasteiger partial charge on any atom is -0.467 e. The molecule has 0 bridgehead atoms. The summed E-state index contributed by atoms with van der Waals surface area (Å²) in [6.45, 7) is 3.80. The van der Waals surface area contributed by atoms with Crippen LogP contribution in [0.25, 0.3) is 11.8 Å². The number of aromatic nitrogens is 1. The van der Waals surface area contributed by atoms with Crippen LogP contribution in [0, 0.1) is 13.8 Å². The number of carbonyl (C=O) groups is 3. The van der Waals surface area contributed by atoms with E-state index in [1.165, 1.54) is 12.3 Å². The Kier molecular flexibility index (Phi) is 5.17. The van der Waals surface area contributed by atoms with Crippen LogP contribution in [-0.4, -0.2) is 27.3 Å². The van der Waals surface area contributed by atoms with E-state index in [4.69, 9.17) is 4.42 Å². The number of rotatable bonds is 4. The Morgan fingerprint density at radius 3 is 2.57 bits per heavy atom. The van der Waals surface area contributed by atoms with Gasteiger partial charge in [-0.05, 0) is 71.7 Å². The van der Waals surface area contributed by atoms with Crippen molar-refractivity contribution >= 4 is 39.9 Å². The summed E-state index contributed by atoms with van der Waals surface area (Å²) in [7, 11) is 0. The van der Waals surface area contributed by atoms with Crippen LogP contribution in [0.3, 0.4) is 0 Å². The Hall–Kier alpha value is -3.39. The topological polar surface area (TPSA) is 84.6 Å². The van der Waals surface area contributed by atoms with E-state index in [1.807, 2.05) is 48.7 Å². The van der Waals surface area contributed by atoms with Crippen molar-refractivity contribution in [2.24, 2.45) is 0 Å². The summed E-state index contributed by atoms with van der Waals surface area (Å²) in [5.74, 6) is -0.934. The minimum atomic E-state index is -0.766. The van der Waals surface area contributed by atoms with Crippen molar-refractivity contribution in [3.63, 3.8) is 0 Å². The lowest BCUT2D eigenvalue weighted by Gasteiger charge is -2.25. The monoisotopic (exact) mass is 467 g/mol. The number of urea groups is 1. The van der Waals surface area contributed by atoms with Crippen LogP contribution in [-0.2, 0) is 16.1 Å². The summed E-state index contributed by atoms with van der Waals surface area (Å²) in [6, 6.07) is 12.2. The largest absolute Gasteiger partial charge is 0.467 e. The molecule has 3 aromatic rings. The van der Waals surface area contributed by atoms with E-state index in [0.717, 1.165) is 26.4 Å². The van der Waals surface area contributed by atoms with Gasteiger partial charge in [0.05, 0.1) is 18.5 Å². The summed E-state index contributed by atoms with van der Waals surface area (Å²) in [4.78, 5) is 38.5. The van der Waals surface area contributed by atoms with Gasteiger partial charge < -0.3 is 8.98 Å². The molecular formula is C22H18BrN3O4. The molecule has 0 atom stereocenters. The number of nitrogens with one attached hydrogen (secondary N) is 1. The molecular weight excluding hydrogens is 450 g/mol. The zero-order valence-electron chi connectivity index (χ0n) is 16.3. The van der Waals surface area contributed by atoms with E-state index in [1.54, 1.807) is 12.1 Å². The standard InChI is InChI=1S/C22H18BrN3O4/c1-13-10-15(14(2)26(13)19-8-4-3-7-18(19)23)11-17-20(27)24-22(29)25(21(17)28)12-16-6-5-9-30-16/h3-11H,12H2,1-2H3,(H,24,27,29)/b17-11+. The molecule has 3 heterocycles. The molecule has 0 radical (unpaired) electrons. The number of imide groups is 2. The number of furan rings is 1. The van der Waals surface area contributed by atoms with Crippen LogP contribution >= 0.6 is 15.9 Å². The summed E-state index contributed by atoms with van der Waals surface area (Å²) >= 11 is 3.56. The van der Waals surface area contributed by atoms with Crippen molar-refractivity contribution in [2.75, 3.05) is 0 Å². The maximum absolute atomic E-state index is 12.9. The summed E-state index contributed by atoms with van der Waals surface area (Å²) in [6.07, 6.45) is 2.98. The fraction of sp³-hybridized carbons (Fsp3) is 0.136. The average molecular weight is 468 g/mol. The number of para-hydroxylation sites is 1. The van der Waals surface area contributed by atoms with Gasteiger partial charge >= 0.3 is 6.03 Å². The Balaban J connectivity index is 1.72. The van der Waals surface area contributed by atoms with E-state index < -0.39 is 17.8 Å². The van der Waals surface area contributed by atoms with Crippen LogP contribution in [0.2, 0.25) is 0 Å². The zero-order valence-corrected chi connectivity index (χ0v) is 17.9. The third kappa shape index (κ3) is 3.50. The smallest absolute Gasteiger partial charge is 0.331 e. The van der Waals surface area contributed by atoms with Gasteiger partial charge in [-0.3, -0.25) is 19.8 Å². The number of hydrogen-bond acceptors (Lipinski definition) is 4. The van der Waals surface area contributed by atoms with Crippen LogP contribution in [0.4, 0.5) is 4.79 Å². The van der Waals surface area contributed by atoms with Crippen LogP contribution in [0.1, 0.15) is 22.7 Å². The highest BCUT2D eigenvalue weighted by Crippen LogP contribution is 2.28. The zero-order chi connectivity index (χ0) is 21.4. The Bertz CT molecular complexity index is 1190. The second-order valence-corrected chi connectivity index (χ2v) is 7.76. The number of nitrogens with zero attached hydrogens (tertiary/aromatic N) is 2. The maximum Gasteiger partial charge on any atom is 0.331 e. The Morgan fingerprint density at radius 1 is 1.10 bits per heavy atom. The van der Waals surface area contributed by atoms with Gasteiger partial charge in [-0.1, -0.05) is 12.1 Å². The van der Waals surface area contributed by atoms with E-state index in [-0.39, 0.29) is 12.1 Å². The highest BCUT2D eigenvalue weighted by Gasteiger charge is 2.36. The number of aryl methyl sites for hydroxylation is 1. The fourth-order valence-electron chi connectivity index (χ4n) is 3.49. The van der Waals surface area contributed by atoms with E-state index in [2.05, 4.69) is 21.2 Å². The number of barbiturate groups is 1. The second-order valence-electron chi connectivity index (χ2n) is 6.90. The molecule has 0 unspecified atom stereocenters. The van der Waals surface area contributed by atoms with Crippen LogP contribution < -0.4 is 5.32 Å². The first-order valence-corrected chi connectivity index (χ1v) is 10.0. The molecule has 30 heavy (non-hydrogen) atoms. The van der Waals surface area contributed by atoms with E-state index in [0.29, 0.717) is 11.3 Å². The van der Waals surface area contributed by atoms with Crippen molar-refractivity contribution in [3.05, 3.63) is 81.5 Å². The molecule has 1 saturated heterocycles. The predicted octanol–water partition coefficient (Wildman–Crippen LogP) is 4.11. The van der Waals surface area contributed by atoms with Crippen LogP contribution in [0.15, 0.2) is 63.2 Å². The molecule has 1 N–H and O–H groups in total. The van der Waals surface area contributed by atoms with Crippen molar-refractivity contribution < 1.29 is 18.8 Å². The van der Waals surface area contributed by atoms with Crippen molar-refractivity contribution in [3.8, 4) is 5.69 Å². The third-order valence-electron chi connectivity index (χ3n) is 4.94. The molecule has 4 rings (SSSR count). The molecule has 1 aromatic carbocycles. The maximum atomic E-state index is 12.9. The van der Waals surface area contributed by atoms with Gasteiger partial charge in [0, 0.05) is 15.9 Å².